The maximum Gasteiger partial charge on any atom is 0.305 e. The summed E-state index contributed by atoms with van der Waals surface area (Å²) in [5, 5.41) is 1.88. The first kappa shape index (κ1) is 17.2. The van der Waals surface area contributed by atoms with Crippen LogP contribution in [-0.2, 0) is 23.0 Å². The van der Waals surface area contributed by atoms with Gasteiger partial charge in [-0.15, -0.1) is 0 Å². The number of methoxy groups -OCH3 is 1. The normalized spacial score (nSPS) is 10.8. The molecule has 0 bridgehead atoms. The topological polar surface area (TPSA) is 48.3 Å². The van der Waals surface area contributed by atoms with Gasteiger partial charge in [0.2, 0.25) is 0 Å². The monoisotopic (exact) mass is 355 g/mol. The largest absolute Gasteiger partial charge is 0.469 e. The summed E-state index contributed by atoms with van der Waals surface area (Å²) in [7, 11) is 3.12. The van der Waals surface area contributed by atoms with Crippen LogP contribution in [0.1, 0.15) is 12.0 Å². The van der Waals surface area contributed by atoms with Crippen molar-refractivity contribution in [1.29, 1.82) is 0 Å². The van der Waals surface area contributed by atoms with E-state index in [0.29, 0.717) is 16.8 Å². The van der Waals surface area contributed by atoms with Gasteiger partial charge in [-0.05, 0) is 35.1 Å². The predicted molar refractivity (Wildman–Crippen MR) is 100.0 cm³/mol. The Morgan fingerprint density at radius 2 is 1.84 bits per heavy atom. The molecule has 128 valence electrons. The van der Waals surface area contributed by atoms with Crippen LogP contribution in [0.5, 0.6) is 0 Å². The van der Waals surface area contributed by atoms with Gasteiger partial charge < -0.3 is 9.30 Å². The molecular weight excluding hydrogens is 338 g/mol. The molecule has 3 aromatic rings. The van der Waals surface area contributed by atoms with E-state index in [2.05, 4.69) is 0 Å². The smallest absolute Gasteiger partial charge is 0.305 e. The fourth-order valence-corrected chi connectivity index (χ4v) is 3.29. The molecule has 0 unspecified atom stereocenters. The Kier molecular flexibility index (Phi) is 4.91. The van der Waals surface area contributed by atoms with Gasteiger partial charge >= 0.3 is 5.97 Å². The van der Waals surface area contributed by atoms with Crippen LogP contribution in [0.4, 0.5) is 0 Å². The van der Waals surface area contributed by atoms with Gasteiger partial charge in [-0.3, -0.25) is 9.59 Å². The van der Waals surface area contributed by atoms with Crippen LogP contribution >= 0.6 is 11.6 Å². The number of hydrogen-bond donors (Lipinski definition) is 0. The van der Waals surface area contributed by atoms with Crippen molar-refractivity contribution in [3.63, 3.8) is 0 Å². The van der Waals surface area contributed by atoms with Crippen LogP contribution in [0.3, 0.4) is 0 Å². The Morgan fingerprint density at radius 3 is 2.52 bits per heavy atom. The van der Waals surface area contributed by atoms with Crippen LogP contribution in [0, 0.1) is 0 Å². The average molecular weight is 356 g/mol. The molecule has 0 aliphatic carbocycles. The van der Waals surface area contributed by atoms with Crippen molar-refractivity contribution in [3.05, 3.63) is 69.5 Å². The first-order chi connectivity index (χ1) is 12.0. The molecule has 5 heteroatoms. The van der Waals surface area contributed by atoms with Crippen LogP contribution in [-0.4, -0.2) is 17.6 Å². The molecule has 0 saturated heterocycles. The molecule has 0 fully saturated rings. The molecular formula is C20H18ClNO3. The summed E-state index contributed by atoms with van der Waals surface area (Å²) < 4.78 is 6.40. The number of nitrogens with zero attached hydrogens (tertiary/aromatic N) is 1. The van der Waals surface area contributed by atoms with Crippen molar-refractivity contribution >= 4 is 28.3 Å². The van der Waals surface area contributed by atoms with Crippen molar-refractivity contribution < 1.29 is 9.53 Å². The van der Waals surface area contributed by atoms with Crippen molar-refractivity contribution in [1.82, 2.24) is 4.57 Å². The first-order valence-electron chi connectivity index (χ1n) is 7.96. The number of ether oxygens (including phenoxy) is 1. The van der Waals surface area contributed by atoms with E-state index in [1.165, 1.54) is 7.11 Å². The fourth-order valence-electron chi connectivity index (χ4n) is 3.11. The van der Waals surface area contributed by atoms with Crippen LogP contribution < -0.4 is 5.56 Å². The molecule has 0 N–H and O–H groups in total. The Balaban J connectivity index is 2.32. The predicted octanol–water partition coefficient (Wildman–Crippen LogP) is 3.96. The quantitative estimate of drug-likeness (QED) is 0.665. The summed E-state index contributed by atoms with van der Waals surface area (Å²) in [5.74, 6) is -0.282. The van der Waals surface area contributed by atoms with E-state index in [4.69, 9.17) is 16.3 Å². The van der Waals surface area contributed by atoms with Crippen LogP contribution in [0.25, 0.3) is 22.0 Å². The zero-order chi connectivity index (χ0) is 18.0. The van der Waals surface area contributed by atoms with E-state index in [1.807, 2.05) is 36.4 Å². The standard InChI is InChI=1S/C20H18ClNO3/c1-22-19(13-6-4-3-5-7-13)16(10-11-18(23)25-2)15-9-8-14(21)12-17(15)20(22)24/h3-9,12H,10-11H2,1-2H3. The Hall–Kier alpha value is -2.59. The van der Waals surface area contributed by atoms with Crippen molar-refractivity contribution in [2.24, 2.45) is 7.05 Å². The molecule has 25 heavy (non-hydrogen) atoms. The third-order valence-electron chi connectivity index (χ3n) is 4.32. The highest BCUT2D eigenvalue weighted by molar-refractivity contribution is 6.31. The number of carbonyl (C=O) groups excluding carboxylic acids is 1. The van der Waals surface area contributed by atoms with E-state index in [-0.39, 0.29) is 17.9 Å². The summed E-state index contributed by atoms with van der Waals surface area (Å²) in [6, 6.07) is 15.0. The van der Waals surface area contributed by atoms with Gasteiger partial charge in [-0.1, -0.05) is 48.0 Å². The number of rotatable bonds is 4. The number of pyridine rings is 1. The van der Waals surface area contributed by atoms with Crippen LogP contribution in [0.2, 0.25) is 5.02 Å². The van der Waals surface area contributed by atoms with E-state index >= 15 is 0 Å². The number of benzene rings is 2. The van der Waals surface area contributed by atoms with Crippen molar-refractivity contribution in [2.75, 3.05) is 7.11 Å². The lowest BCUT2D eigenvalue weighted by Crippen LogP contribution is -2.21. The van der Waals surface area contributed by atoms with Crippen LogP contribution in [0.15, 0.2) is 53.3 Å². The average Bonchev–Trinajstić information content (AvgIpc) is 2.64. The molecule has 0 aliphatic rings. The molecule has 2 aromatic carbocycles. The summed E-state index contributed by atoms with van der Waals surface area (Å²) in [6.45, 7) is 0. The lowest BCUT2D eigenvalue weighted by Gasteiger charge is -2.17. The fraction of sp³-hybridized carbons (Fsp3) is 0.200. The summed E-state index contributed by atoms with van der Waals surface area (Å²) in [6.07, 6.45) is 0.718. The zero-order valence-corrected chi connectivity index (χ0v) is 14.8. The summed E-state index contributed by atoms with van der Waals surface area (Å²) >= 11 is 6.08. The number of carbonyl (C=O) groups is 1. The second kappa shape index (κ2) is 7.11. The molecule has 0 amide bonds. The van der Waals surface area contributed by atoms with Gasteiger partial charge in [0.25, 0.3) is 5.56 Å². The summed E-state index contributed by atoms with van der Waals surface area (Å²) in [4.78, 5) is 24.5. The van der Waals surface area contributed by atoms with Crippen molar-refractivity contribution in [2.45, 2.75) is 12.8 Å². The highest BCUT2D eigenvalue weighted by Gasteiger charge is 2.17. The number of aromatic nitrogens is 1. The minimum absolute atomic E-state index is 0.113. The number of esters is 1. The van der Waals surface area contributed by atoms with E-state index in [0.717, 1.165) is 22.2 Å². The second-order valence-corrected chi connectivity index (χ2v) is 6.26. The molecule has 3 rings (SSSR count). The SMILES string of the molecule is COC(=O)CCc1c(-c2ccccc2)n(C)c(=O)c2cc(Cl)ccc12. The number of fused-ring (bicyclic) bond motifs is 1. The van der Waals surface area contributed by atoms with Gasteiger partial charge in [0.1, 0.15) is 0 Å². The van der Waals surface area contributed by atoms with E-state index < -0.39 is 0 Å². The van der Waals surface area contributed by atoms with Crippen molar-refractivity contribution in [3.8, 4) is 11.3 Å². The maximum absolute atomic E-state index is 12.8. The third-order valence-corrected chi connectivity index (χ3v) is 4.55. The Bertz CT molecular complexity index is 993. The molecule has 0 saturated carbocycles. The van der Waals surface area contributed by atoms with Gasteiger partial charge in [-0.25, -0.2) is 0 Å². The number of halogens is 1. The lowest BCUT2D eigenvalue weighted by atomic mass is 9.95. The van der Waals surface area contributed by atoms with Gasteiger partial charge in [-0.2, -0.15) is 0 Å². The minimum Gasteiger partial charge on any atom is -0.469 e. The molecule has 0 aliphatic heterocycles. The first-order valence-corrected chi connectivity index (χ1v) is 8.34. The van der Waals surface area contributed by atoms with Gasteiger partial charge in [0.15, 0.2) is 0 Å². The molecule has 1 aromatic heterocycles. The Morgan fingerprint density at radius 1 is 1.12 bits per heavy atom. The lowest BCUT2D eigenvalue weighted by molar-refractivity contribution is -0.140. The highest BCUT2D eigenvalue weighted by atomic mass is 35.5. The molecule has 4 nitrogen and oxygen atoms in total. The summed E-state index contributed by atoms with van der Waals surface area (Å²) in [5.41, 5.74) is 2.56. The molecule has 1 heterocycles. The Labute approximate surface area is 150 Å². The number of aryl methyl sites for hydroxylation is 1. The van der Waals surface area contributed by atoms with E-state index in [9.17, 15) is 9.59 Å². The van der Waals surface area contributed by atoms with E-state index in [1.54, 1.807) is 23.7 Å². The van der Waals surface area contributed by atoms with Gasteiger partial charge in [0, 0.05) is 23.9 Å². The molecule has 0 spiro atoms. The second-order valence-electron chi connectivity index (χ2n) is 5.82. The zero-order valence-electron chi connectivity index (χ0n) is 14.1. The minimum atomic E-state index is -0.282. The highest BCUT2D eigenvalue weighted by Crippen LogP contribution is 2.30. The van der Waals surface area contributed by atoms with Gasteiger partial charge in [0.05, 0.1) is 12.8 Å². The molecule has 0 radical (unpaired) electrons. The third kappa shape index (κ3) is 3.30. The number of hydrogen-bond acceptors (Lipinski definition) is 3. The maximum atomic E-state index is 12.8. The molecule has 0 atom stereocenters.